The summed E-state index contributed by atoms with van der Waals surface area (Å²) in [5.74, 6) is 0.991. The van der Waals surface area contributed by atoms with Crippen molar-refractivity contribution < 1.29 is 27.6 Å². The van der Waals surface area contributed by atoms with Crippen LogP contribution < -0.4 is 14.9 Å². The number of rotatable bonds is 10. The van der Waals surface area contributed by atoms with E-state index >= 15 is 0 Å². The van der Waals surface area contributed by atoms with Crippen LogP contribution in [0.15, 0.2) is 72.4 Å². The van der Waals surface area contributed by atoms with Gasteiger partial charge in [0.05, 0.1) is 23.8 Å². The lowest BCUT2D eigenvalue weighted by Gasteiger charge is -2.16. The molecule has 0 aliphatic heterocycles. The molecule has 0 saturated carbocycles. The van der Waals surface area contributed by atoms with Gasteiger partial charge in [0.2, 0.25) is 0 Å². The summed E-state index contributed by atoms with van der Waals surface area (Å²) in [6.45, 7) is 6.10. The molecule has 0 atom stereocenters. The molecule has 0 aromatic heterocycles. The number of nitro groups is 1. The first kappa shape index (κ1) is 26.3. The van der Waals surface area contributed by atoms with E-state index < -0.39 is 22.4 Å². The second-order valence-corrected chi connectivity index (χ2v) is 7.84. The van der Waals surface area contributed by atoms with E-state index in [0.717, 1.165) is 28.8 Å². The van der Waals surface area contributed by atoms with Crippen molar-refractivity contribution in [3.63, 3.8) is 0 Å². The molecule has 36 heavy (non-hydrogen) atoms. The van der Waals surface area contributed by atoms with Crippen molar-refractivity contribution in [2.45, 2.75) is 26.1 Å². The van der Waals surface area contributed by atoms with Crippen LogP contribution >= 0.6 is 0 Å². The minimum absolute atomic E-state index is 0.180. The van der Waals surface area contributed by atoms with E-state index in [9.17, 15) is 23.3 Å². The normalized spacial score (nSPS) is 11.4. The van der Waals surface area contributed by atoms with Crippen molar-refractivity contribution in [2.24, 2.45) is 5.10 Å². The number of nitro benzene ring substituents is 1. The quantitative estimate of drug-likeness (QED) is 0.145. The minimum Gasteiger partial charge on any atom is -0.493 e. The molecule has 0 spiro atoms. The molecule has 0 heterocycles. The lowest BCUT2D eigenvalue weighted by atomic mass is 10.1. The van der Waals surface area contributed by atoms with Crippen LogP contribution in [0.2, 0.25) is 0 Å². The van der Waals surface area contributed by atoms with Crippen LogP contribution in [-0.4, -0.2) is 18.2 Å². The molecule has 0 saturated heterocycles. The molecule has 0 bridgehead atoms. The van der Waals surface area contributed by atoms with Crippen molar-refractivity contribution in [2.75, 3.05) is 12.5 Å². The molecule has 3 aromatic carbocycles. The zero-order chi connectivity index (χ0) is 26.3. The van der Waals surface area contributed by atoms with Gasteiger partial charge in [-0.1, -0.05) is 35.9 Å². The Kier molecular flexibility index (Phi) is 8.31. The Balaban J connectivity index is 1.84. The molecule has 1 N–H and O–H groups in total. The van der Waals surface area contributed by atoms with Gasteiger partial charge in [0.25, 0.3) is 5.69 Å². The number of anilines is 1. The molecular formula is C26H24F3N3O4. The van der Waals surface area contributed by atoms with Gasteiger partial charge < -0.3 is 9.47 Å². The number of allylic oxidation sites excluding steroid dienone is 1. The molecule has 10 heteroatoms. The van der Waals surface area contributed by atoms with Crippen LogP contribution in [0.25, 0.3) is 0 Å². The SMILES string of the molecule is C=CCc1cc(/C=N\Nc2ccc(C(F)(F)F)cc2[N+](=O)[O-])cc(OC)c1OCc1ccc(C)cc1. The van der Waals surface area contributed by atoms with Gasteiger partial charge in [0, 0.05) is 11.6 Å². The van der Waals surface area contributed by atoms with E-state index in [4.69, 9.17) is 9.47 Å². The number of hydrazone groups is 1. The highest BCUT2D eigenvalue weighted by molar-refractivity contribution is 5.82. The molecule has 0 amide bonds. The number of hydrogen-bond acceptors (Lipinski definition) is 6. The first-order valence-electron chi connectivity index (χ1n) is 10.8. The van der Waals surface area contributed by atoms with Gasteiger partial charge >= 0.3 is 6.18 Å². The third-order valence-electron chi connectivity index (χ3n) is 5.16. The molecule has 3 rings (SSSR count). The van der Waals surface area contributed by atoms with Crippen LogP contribution in [0.1, 0.15) is 27.8 Å². The Morgan fingerprint density at radius 3 is 2.47 bits per heavy atom. The number of alkyl halides is 3. The number of nitrogens with one attached hydrogen (secondary N) is 1. The van der Waals surface area contributed by atoms with Crippen LogP contribution in [0.3, 0.4) is 0 Å². The lowest BCUT2D eigenvalue weighted by Crippen LogP contribution is -2.06. The molecule has 188 valence electrons. The van der Waals surface area contributed by atoms with Crippen molar-refractivity contribution in [1.82, 2.24) is 0 Å². The Labute approximate surface area is 206 Å². The van der Waals surface area contributed by atoms with Gasteiger partial charge in [0.1, 0.15) is 12.3 Å². The first-order chi connectivity index (χ1) is 17.1. The monoisotopic (exact) mass is 499 g/mol. The van der Waals surface area contributed by atoms with Gasteiger partial charge in [-0.25, -0.2) is 0 Å². The van der Waals surface area contributed by atoms with Crippen LogP contribution in [0.4, 0.5) is 24.5 Å². The summed E-state index contributed by atoms with van der Waals surface area (Å²) in [7, 11) is 1.50. The third-order valence-corrected chi connectivity index (χ3v) is 5.16. The highest BCUT2D eigenvalue weighted by atomic mass is 19.4. The number of benzene rings is 3. The molecule has 0 unspecified atom stereocenters. The standard InChI is InChI=1S/C26H24F3N3O4/c1-4-5-20-12-19(13-24(35-3)25(20)36-16-18-8-6-17(2)7-9-18)15-30-31-22-11-10-21(26(27,28)29)14-23(22)32(33)34/h4,6-15,31H,1,5,16H2,2-3H3/b30-15-. The number of ether oxygens (including phenoxy) is 2. The Bertz CT molecular complexity index is 1270. The summed E-state index contributed by atoms with van der Waals surface area (Å²) in [5, 5.41) is 15.2. The van der Waals surface area contributed by atoms with Crippen LogP contribution in [0, 0.1) is 17.0 Å². The van der Waals surface area contributed by atoms with Crippen LogP contribution in [-0.2, 0) is 19.2 Å². The summed E-state index contributed by atoms with van der Waals surface area (Å²) >= 11 is 0. The third kappa shape index (κ3) is 6.62. The van der Waals surface area contributed by atoms with Gasteiger partial charge in [-0.05, 0) is 48.7 Å². The van der Waals surface area contributed by atoms with Gasteiger partial charge in [-0.2, -0.15) is 18.3 Å². The van der Waals surface area contributed by atoms with E-state index in [2.05, 4.69) is 17.1 Å². The fourth-order valence-electron chi connectivity index (χ4n) is 3.35. The van der Waals surface area contributed by atoms with Gasteiger partial charge in [-0.15, -0.1) is 6.58 Å². The Hall–Kier alpha value is -4.34. The minimum atomic E-state index is -4.70. The predicted octanol–water partition coefficient (Wildman–Crippen LogP) is 6.68. The smallest absolute Gasteiger partial charge is 0.416 e. The first-order valence-corrected chi connectivity index (χ1v) is 10.8. The fraction of sp³-hybridized carbons (Fsp3) is 0.192. The molecular weight excluding hydrogens is 475 g/mol. The number of hydrogen-bond donors (Lipinski definition) is 1. The zero-order valence-electron chi connectivity index (χ0n) is 19.6. The van der Waals surface area contributed by atoms with Crippen molar-refractivity contribution >= 4 is 17.6 Å². The lowest BCUT2D eigenvalue weighted by molar-refractivity contribution is -0.384. The van der Waals surface area contributed by atoms with Crippen molar-refractivity contribution in [3.05, 3.63) is 105 Å². The maximum atomic E-state index is 12.9. The average molecular weight is 499 g/mol. The highest BCUT2D eigenvalue weighted by Crippen LogP contribution is 2.36. The molecule has 0 fully saturated rings. The Morgan fingerprint density at radius 2 is 1.86 bits per heavy atom. The maximum Gasteiger partial charge on any atom is 0.416 e. The average Bonchev–Trinajstić information content (AvgIpc) is 2.83. The molecule has 0 aliphatic rings. The zero-order valence-corrected chi connectivity index (χ0v) is 19.6. The van der Waals surface area contributed by atoms with E-state index in [-0.39, 0.29) is 5.69 Å². The molecule has 0 aliphatic carbocycles. The van der Waals surface area contributed by atoms with Crippen LogP contribution in [0.5, 0.6) is 11.5 Å². The van der Waals surface area contributed by atoms with Gasteiger partial charge in [0.15, 0.2) is 11.5 Å². The highest BCUT2D eigenvalue weighted by Gasteiger charge is 2.33. The Morgan fingerprint density at radius 1 is 1.14 bits per heavy atom. The summed E-state index contributed by atoms with van der Waals surface area (Å²) < 4.78 is 50.3. The maximum absolute atomic E-state index is 12.9. The van der Waals surface area contributed by atoms with Crippen molar-refractivity contribution in [3.8, 4) is 11.5 Å². The summed E-state index contributed by atoms with van der Waals surface area (Å²) in [6.07, 6.45) is -1.15. The van der Waals surface area contributed by atoms with Gasteiger partial charge in [-0.3, -0.25) is 15.5 Å². The number of aryl methyl sites for hydroxylation is 1. The second-order valence-electron chi connectivity index (χ2n) is 7.84. The predicted molar refractivity (Wildman–Crippen MR) is 132 cm³/mol. The summed E-state index contributed by atoms with van der Waals surface area (Å²) in [5.41, 5.74) is 3.88. The van der Waals surface area contributed by atoms with E-state index in [1.807, 2.05) is 31.2 Å². The molecule has 0 radical (unpaired) electrons. The number of methoxy groups -OCH3 is 1. The van der Waals surface area contributed by atoms with E-state index in [0.29, 0.717) is 36.2 Å². The summed E-state index contributed by atoms with van der Waals surface area (Å²) in [6, 6.07) is 13.6. The number of halogens is 3. The largest absolute Gasteiger partial charge is 0.493 e. The van der Waals surface area contributed by atoms with E-state index in [1.165, 1.54) is 13.3 Å². The fourth-order valence-corrected chi connectivity index (χ4v) is 3.35. The van der Waals surface area contributed by atoms with Crippen molar-refractivity contribution in [1.29, 1.82) is 0 Å². The summed E-state index contributed by atoms with van der Waals surface area (Å²) in [4.78, 5) is 10.4. The van der Waals surface area contributed by atoms with E-state index in [1.54, 1.807) is 18.2 Å². The number of nitrogens with zero attached hydrogens (tertiary/aromatic N) is 2. The second kappa shape index (κ2) is 11.4. The molecule has 3 aromatic rings. The topological polar surface area (TPSA) is 86.0 Å². The molecule has 7 nitrogen and oxygen atoms in total.